The van der Waals surface area contributed by atoms with Crippen LogP contribution < -0.4 is 4.74 Å². The normalized spacial score (nSPS) is 11.1. The number of hydrogen-bond acceptors (Lipinski definition) is 2. The summed E-state index contributed by atoms with van der Waals surface area (Å²) in [5, 5.41) is 10.4. The third-order valence-corrected chi connectivity index (χ3v) is 5.37. The van der Waals surface area contributed by atoms with Crippen molar-refractivity contribution in [3.63, 3.8) is 0 Å². The molecule has 2 nitrogen and oxygen atoms in total. The number of ether oxygens (including phenoxy) is 1. The SMILES string of the molecule is CC(C)c1cc(Cc2c(Cl)cc(CO)cc2Cl)ccc1OCc1ccccc1. The predicted octanol–water partition coefficient (Wildman–Crippen LogP) is 6.78. The van der Waals surface area contributed by atoms with Crippen LogP contribution in [0.2, 0.25) is 10.0 Å². The molecule has 0 aliphatic heterocycles. The Morgan fingerprint density at radius 3 is 2.14 bits per heavy atom. The molecule has 0 aliphatic carbocycles. The molecule has 0 amide bonds. The van der Waals surface area contributed by atoms with E-state index in [1.54, 1.807) is 12.1 Å². The van der Waals surface area contributed by atoms with Gasteiger partial charge in [0.1, 0.15) is 12.4 Å². The highest BCUT2D eigenvalue weighted by Gasteiger charge is 2.13. The molecule has 0 aliphatic rings. The average Bonchev–Trinajstić information content (AvgIpc) is 2.70. The van der Waals surface area contributed by atoms with Crippen LogP contribution in [0.3, 0.4) is 0 Å². The summed E-state index contributed by atoms with van der Waals surface area (Å²) >= 11 is 12.8. The molecule has 3 aromatic carbocycles. The molecule has 0 saturated carbocycles. The van der Waals surface area contributed by atoms with Crippen molar-refractivity contribution in [1.29, 1.82) is 0 Å². The van der Waals surface area contributed by atoms with Crippen molar-refractivity contribution in [2.24, 2.45) is 0 Å². The Balaban J connectivity index is 1.83. The first kappa shape index (κ1) is 20.7. The van der Waals surface area contributed by atoms with E-state index in [2.05, 4.69) is 38.1 Å². The molecule has 0 heterocycles. The zero-order valence-electron chi connectivity index (χ0n) is 16.1. The third kappa shape index (κ3) is 5.08. The summed E-state index contributed by atoms with van der Waals surface area (Å²) in [6.07, 6.45) is 0.627. The minimum Gasteiger partial charge on any atom is -0.489 e. The van der Waals surface area contributed by atoms with Gasteiger partial charge in [0.25, 0.3) is 0 Å². The Hall–Kier alpha value is -2.00. The minimum atomic E-state index is -0.0787. The molecule has 4 heteroatoms. The minimum absolute atomic E-state index is 0.0787. The van der Waals surface area contributed by atoms with E-state index in [0.717, 1.165) is 28.0 Å². The number of benzene rings is 3. The van der Waals surface area contributed by atoms with E-state index in [4.69, 9.17) is 27.9 Å². The van der Waals surface area contributed by atoms with Crippen molar-refractivity contribution in [1.82, 2.24) is 0 Å². The highest BCUT2D eigenvalue weighted by molar-refractivity contribution is 6.36. The Labute approximate surface area is 176 Å². The summed E-state index contributed by atoms with van der Waals surface area (Å²) in [7, 11) is 0. The van der Waals surface area contributed by atoms with Crippen molar-refractivity contribution >= 4 is 23.2 Å². The van der Waals surface area contributed by atoms with Gasteiger partial charge in [-0.2, -0.15) is 0 Å². The second-order valence-corrected chi connectivity index (χ2v) is 7.99. The van der Waals surface area contributed by atoms with Gasteiger partial charge in [-0.1, -0.05) is 79.5 Å². The summed E-state index contributed by atoms with van der Waals surface area (Å²) in [6, 6.07) is 19.9. The lowest BCUT2D eigenvalue weighted by Gasteiger charge is -2.17. The van der Waals surface area contributed by atoms with Crippen molar-refractivity contribution in [2.45, 2.75) is 39.4 Å². The van der Waals surface area contributed by atoms with E-state index in [-0.39, 0.29) is 6.61 Å². The van der Waals surface area contributed by atoms with Crippen molar-refractivity contribution in [3.05, 3.63) is 98.5 Å². The van der Waals surface area contributed by atoms with Crippen LogP contribution in [-0.2, 0) is 19.6 Å². The van der Waals surface area contributed by atoms with Crippen LogP contribution in [0.25, 0.3) is 0 Å². The van der Waals surface area contributed by atoms with Crippen LogP contribution in [0.15, 0.2) is 60.7 Å². The summed E-state index contributed by atoms with van der Waals surface area (Å²) in [5.74, 6) is 1.23. The molecule has 3 aromatic rings. The quantitative estimate of drug-likeness (QED) is 0.461. The Kier molecular flexibility index (Phi) is 7.01. The molecule has 0 spiro atoms. The lowest BCUT2D eigenvalue weighted by molar-refractivity contribution is 0.282. The van der Waals surface area contributed by atoms with Gasteiger partial charge in [-0.05, 0) is 51.9 Å². The van der Waals surface area contributed by atoms with Gasteiger partial charge in [0.05, 0.1) is 6.61 Å². The molecule has 1 N–H and O–H groups in total. The number of rotatable bonds is 7. The van der Waals surface area contributed by atoms with E-state index >= 15 is 0 Å². The molecule has 0 aromatic heterocycles. The van der Waals surface area contributed by atoms with E-state index in [9.17, 15) is 5.11 Å². The topological polar surface area (TPSA) is 29.5 Å². The van der Waals surface area contributed by atoms with E-state index in [1.165, 1.54) is 0 Å². The highest BCUT2D eigenvalue weighted by atomic mass is 35.5. The monoisotopic (exact) mass is 414 g/mol. The van der Waals surface area contributed by atoms with Gasteiger partial charge in [-0.3, -0.25) is 0 Å². The zero-order chi connectivity index (χ0) is 20.1. The molecule has 146 valence electrons. The van der Waals surface area contributed by atoms with Gasteiger partial charge in [-0.25, -0.2) is 0 Å². The molecule has 0 atom stereocenters. The van der Waals surface area contributed by atoms with Crippen molar-refractivity contribution in [3.8, 4) is 5.75 Å². The van der Waals surface area contributed by atoms with Gasteiger partial charge < -0.3 is 9.84 Å². The Morgan fingerprint density at radius 1 is 0.857 bits per heavy atom. The smallest absolute Gasteiger partial charge is 0.123 e. The Bertz CT molecular complexity index is 914. The first-order valence-corrected chi connectivity index (χ1v) is 10.1. The molecule has 0 saturated heterocycles. The molecule has 28 heavy (non-hydrogen) atoms. The second-order valence-electron chi connectivity index (χ2n) is 7.17. The van der Waals surface area contributed by atoms with E-state index in [0.29, 0.717) is 34.6 Å². The molecule has 0 radical (unpaired) electrons. The molecular weight excluding hydrogens is 391 g/mol. The van der Waals surface area contributed by atoms with Gasteiger partial charge in [0.15, 0.2) is 0 Å². The van der Waals surface area contributed by atoms with E-state index in [1.807, 2.05) is 24.3 Å². The predicted molar refractivity (Wildman–Crippen MR) is 116 cm³/mol. The van der Waals surface area contributed by atoms with Gasteiger partial charge in [-0.15, -0.1) is 0 Å². The first-order valence-electron chi connectivity index (χ1n) is 9.35. The maximum absolute atomic E-state index is 9.30. The summed E-state index contributed by atoms with van der Waals surface area (Å²) < 4.78 is 6.09. The molecule has 0 fully saturated rings. The maximum Gasteiger partial charge on any atom is 0.123 e. The van der Waals surface area contributed by atoms with Crippen molar-refractivity contribution in [2.75, 3.05) is 0 Å². The molecule has 0 bridgehead atoms. The molecule has 3 rings (SSSR count). The third-order valence-electron chi connectivity index (χ3n) is 4.70. The van der Waals surface area contributed by atoms with Crippen LogP contribution in [0.5, 0.6) is 5.75 Å². The fraction of sp³-hybridized carbons (Fsp3) is 0.250. The van der Waals surface area contributed by atoms with Gasteiger partial charge >= 0.3 is 0 Å². The van der Waals surface area contributed by atoms with Crippen LogP contribution in [0.4, 0.5) is 0 Å². The largest absolute Gasteiger partial charge is 0.489 e. The number of hydrogen-bond donors (Lipinski definition) is 1. The number of halogens is 2. The van der Waals surface area contributed by atoms with Crippen LogP contribution >= 0.6 is 23.2 Å². The molecular formula is C24H24Cl2O2. The maximum atomic E-state index is 9.30. The average molecular weight is 415 g/mol. The van der Waals surface area contributed by atoms with Crippen molar-refractivity contribution < 1.29 is 9.84 Å². The lowest BCUT2D eigenvalue weighted by atomic mass is 9.96. The first-order chi connectivity index (χ1) is 13.5. The summed E-state index contributed by atoms with van der Waals surface area (Å²) in [5.41, 5.74) is 5.01. The zero-order valence-corrected chi connectivity index (χ0v) is 17.6. The standard InChI is InChI=1S/C24H24Cl2O2/c1-16(2)20-10-18(11-21-22(25)12-19(14-27)13-23(21)26)8-9-24(20)28-15-17-6-4-3-5-7-17/h3-10,12-13,16,27H,11,14-15H2,1-2H3. The second kappa shape index (κ2) is 9.47. The lowest BCUT2D eigenvalue weighted by Crippen LogP contribution is -2.02. The summed E-state index contributed by atoms with van der Waals surface area (Å²) in [4.78, 5) is 0. The van der Waals surface area contributed by atoms with E-state index < -0.39 is 0 Å². The summed E-state index contributed by atoms with van der Waals surface area (Å²) in [6.45, 7) is 4.78. The van der Waals surface area contributed by atoms with Crippen LogP contribution in [0.1, 0.15) is 47.6 Å². The molecule has 0 unspecified atom stereocenters. The fourth-order valence-corrected chi connectivity index (χ4v) is 3.81. The number of aliphatic hydroxyl groups excluding tert-OH is 1. The highest BCUT2D eigenvalue weighted by Crippen LogP contribution is 2.32. The van der Waals surface area contributed by atoms with Crippen LogP contribution in [0, 0.1) is 0 Å². The van der Waals surface area contributed by atoms with Gasteiger partial charge in [0.2, 0.25) is 0 Å². The van der Waals surface area contributed by atoms with Gasteiger partial charge in [0, 0.05) is 16.5 Å². The Morgan fingerprint density at radius 2 is 1.54 bits per heavy atom. The van der Waals surface area contributed by atoms with Crippen LogP contribution in [-0.4, -0.2) is 5.11 Å². The fourth-order valence-electron chi connectivity index (χ4n) is 3.15. The number of aliphatic hydroxyl groups is 1.